The van der Waals surface area contributed by atoms with Crippen LogP contribution in [0.25, 0.3) is 22.5 Å². The van der Waals surface area contributed by atoms with Crippen molar-refractivity contribution in [3.05, 3.63) is 24.5 Å². The van der Waals surface area contributed by atoms with Gasteiger partial charge in [-0.05, 0) is 25.1 Å². The zero-order valence-electron chi connectivity index (χ0n) is 10.5. The maximum Gasteiger partial charge on any atom is 0.277 e. The van der Waals surface area contributed by atoms with E-state index in [0.717, 1.165) is 28.4 Å². The molecule has 3 aromatic rings. The molecule has 1 aromatic carbocycles. The van der Waals surface area contributed by atoms with E-state index < -0.39 is 11.2 Å². The van der Waals surface area contributed by atoms with Crippen LogP contribution in [0.2, 0.25) is 0 Å². The Balaban J connectivity index is 1.87. The van der Waals surface area contributed by atoms with Crippen molar-refractivity contribution in [1.29, 1.82) is 0 Å². The Morgan fingerprint density at radius 1 is 1.45 bits per heavy atom. The van der Waals surface area contributed by atoms with Crippen molar-refractivity contribution in [3.8, 4) is 11.5 Å². The predicted octanol–water partition coefficient (Wildman–Crippen LogP) is 1.58. The average molecular weight is 289 g/mol. The maximum absolute atomic E-state index is 11.0. The molecular formula is C12H11N5O2S. The zero-order chi connectivity index (χ0) is 14.1. The summed E-state index contributed by atoms with van der Waals surface area (Å²) < 4.78 is 5.51. The summed E-state index contributed by atoms with van der Waals surface area (Å²) in [4.78, 5) is 18.2. The van der Waals surface area contributed by atoms with Gasteiger partial charge in [-0.3, -0.25) is 4.79 Å². The number of H-pyrrole nitrogens is 1. The fourth-order valence-electron chi connectivity index (χ4n) is 1.65. The number of imidazole rings is 1. The molecule has 2 heterocycles. The molecular weight excluding hydrogens is 278 g/mol. The molecule has 3 rings (SSSR count). The SMILES string of the molecule is C[C@@H](Sc1nnc(-c2ccc3nc[nH]c3c2)o1)C(N)=O. The standard InChI is InChI=1S/C12H11N5O2S/c1-6(10(13)18)20-12-17-16-11(19-12)7-2-3-8-9(4-7)15-5-14-8/h2-6H,1H3,(H2,13,18)(H,14,15)/t6-/m1/s1. The van der Waals surface area contributed by atoms with Gasteiger partial charge in [0.05, 0.1) is 22.6 Å². The third kappa shape index (κ3) is 2.37. The Hall–Kier alpha value is -2.35. The molecule has 0 saturated heterocycles. The molecule has 0 saturated carbocycles. The van der Waals surface area contributed by atoms with Crippen LogP contribution in [0.3, 0.4) is 0 Å². The highest BCUT2D eigenvalue weighted by Gasteiger charge is 2.16. The topological polar surface area (TPSA) is 111 Å². The maximum atomic E-state index is 11.0. The molecule has 7 nitrogen and oxygen atoms in total. The first kappa shape index (κ1) is 12.7. The van der Waals surface area contributed by atoms with Gasteiger partial charge < -0.3 is 15.1 Å². The Morgan fingerprint density at radius 2 is 2.30 bits per heavy atom. The van der Waals surface area contributed by atoms with E-state index in [0.29, 0.717) is 11.1 Å². The van der Waals surface area contributed by atoms with Crippen LogP contribution in [0.5, 0.6) is 0 Å². The number of primary amides is 1. The molecule has 0 spiro atoms. The summed E-state index contributed by atoms with van der Waals surface area (Å²) >= 11 is 1.14. The summed E-state index contributed by atoms with van der Waals surface area (Å²) in [6, 6.07) is 5.59. The summed E-state index contributed by atoms with van der Waals surface area (Å²) in [5.41, 5.74) is 7.73. The van der Waals surface area contributed by atoms with Crippen LogP contribution in [0.1, 0.15) is 6.92 Å². The number of nitrogens with one attached hydrogen (secondary N) is 1. The first-order valence-corrected chi connectivity index (χ1v) is 6.74. The Morgan fingerprint density at radius 3 is 3.10 bits per heavy atom. The lowest BCUT2D eigenvalue weighted by molar-refractivity contribution is -0.117. The van der Waals surface area contributed by atoms with Gasteiger partial charge in [-0.1, -0.05) is 11.8 Å². The molecule has 102 valence electrons. The van der Waals surface area contributed by atoms with E-state index in [4.69, 9.17) is 10.2 Å². The number of rotatable bonds is 4. The number of nitrogens with zero attached hydrogens (tertiary/aromatic N) is 3. The molecule has 1 atom stereocenters. The molecule has 1 amide bonds. The number of hydrogen-bond acceptors (Lipinski definition) is 6. The largest absolute Gasteiger partial charge is 0.411 e. The van der Waals surface area contributed by atoms with Crippen molar-refractivity contribution in [3.63, 3.8) is 0 Å². The molecule has 0 aliphatic heterocycles. The molecule has 8 heteroatoms. The van der Waals surface area contributed by atoms with Gasteiger partial charge in [0.25, 0.3) is 5.22 Å². The summed E-state index contributed by atoms with van der Waals surface area (Å²) in [5, 5.41) is 7.76. The number of nitrogens with two attached hydrogens (primary N) is 1. The molecule has 20 heavy (non-hydrogen) atoms. The molecule has 0 bridgehead atoms. The van der Waals surface area contributed by atoms with Crippen LogP contribution in [-0.2, 0) is 4.79 Å². The minimum atomic E-state index is -0.423. The monoisotopic (exact) mass is 289 g/mol. The summed E-state index contributed by atoms with van der Waals surface area (Å²) in [5.74, 6) is -0.0331. The number of amides is 1. The third-order valence-electron chi connectivity index (χ3n) is 2.75. The van der Waals surface area contributed by atoms with Crippen LogP contribution in [0.15, 0.2) is 34.2 Å². The van der Waals surface area contributed by atoms with Crippen LogP contribution >= 0.6 is 11.8 Å². The minimum Gasteiger partial charge on any atom is -0.411 e. The van der Waals surface area contributed by atoms with Gasteiger partial charge in [0.1, 0.15) is 0 Å². The number of hydrogen-bond donors (Lipinski definition) is 2. The Bertz CT molecular complexity index is 766. The van der Waals surface area contributed by atoms with E-state index >= 15 is 0 Å². The van der Waals surface area contributed by atoms with Gasteiger partial charge in [-0.25, -0.2) is 4.98 Å². The Labute approximate surface area is 118 Å². The highest BCUT2D eigenvalue weighted by Crippen LogP contribution is 2.27. The lowest BCUT2D eigenvalue weighted by Crippen LogP contribution is -2.22. The van der Waals surface area contributed by atoms with Crippen molar-refractivity contribution in [2.45, 2.75) is 17.4 Å². The summed E-state index contributed by atoms with van der Waals surface area (Å²) in [7, 11) is 0. The molecule has 0 radical (unpaired) electrons. The molecule has 0 fully saturated rings. The third-order valence-corrected chi connectivity index (χ3v) is 3.70. The first-order valence-electron chi connectivity index (χ1n) is 5.86. The number of fused-ring (bicyclic) bond motifs is 1. The second kappa shape index (κ2) is 4.97. The lowest BCUT2D eigenvalue weighted by Gasteiger charge is -2.01. The van der Waals surface area contributed by atoms with Gasteiger partial charge in [0, 0.05) is 5.56 Å². The van der Waals surface area contributed by atoms with E-state index in [9.17, 15) is 4.79 Å². The van der Waals surface area contributed by atoms with E-state index in [1.807, 2.05) is 18.2 Å². The summed E-state index contributed by atoms with van der Waals surface area (Å²) in [6.45, 7) is 1.69. The van der Waals surface area contributed by atoms with E-state index in [1.54, 1.807) is 13.3 Å². The normalized spacial score (nSPS) is 12.7. The first-order chi connectivity index (χ1) is 9.63. The smallest absolute Gasteiger partial charge is 0.277 e. The highest BCUT2D eigenvalue weighted by molar-refractivity contribution is 8.00. The summed E-state index contributed by atoms with van der Waals surface area (Å²) in [6.07, 6.45) is 1.62. The van der Waals surface area contributed by atoms with Crippen LogP contribution in [0, 0.1) is 0 Å². The lowest BCUT2D eigenvalue weighted by atomic mass is 10.2. The van der Waals surface area contributed by atoms with Crippen LogP contribution < -0.4 is 5.73 Å². The van der Waals surface area contributed by atoms with Crippen LogP contribution in [0.4, 0.5) is 0 Å². The molecule has 0 unspecified atom stereocenters. The second-order valence-electron chi connectivity index (χ2n) is 4.17. The minimum absolute atomic E-state index is 0.316. The number of thioether (sulfide) groups is 1. The van der Waals surface area contributed by atoms with Crippen molar-refractivity contribution in [2.24, 2.45) is 5.73 Å². The fourth-order valence-corrected chi connectivity index (χ4v) is 2.29. The second-order valence-corrected chi connectivity index (χ2v) is 5.46. The van der Waals surface area contributed by atoms with E-state index in [-0.39, 0.29) is 0 Å². The number of aromatic amines is 1. The molecule has 0 aliphatic rings. The van der Waals surface area contributed by atoms with Gasteiger partial charge in [0.15, 0.2) is 0 Å². The van der Waals surface area contributed by atoms with E-state index in [2.05, 4.69) is 20.2 Å². The Kier molecular flexibility index (Phi) is 3.15. The number of carbonyl (C=O) groups excluding carboxylic acids is 1. The van der Waals surface area contributed by atoms with Gasteiger partial charge in [0.2, 0.25) is 11.8 Å². The molecule has 3 N–H and O–H groups in total. The van der Waals surface area contributed by atoms with Gasteiger partial charge in [-0.2, -0.15) is 0 Å². The predicted molar refractivity (Wildman–Crippen MR) is 73.9 cm³/mol. The number of carbonyl (C=O) groups is 1. The fraction of sp³-hybridized carbons (Fsp3) is 0.167. The van der Waals surface area contributed by atoms with Crippen molar-refractivity contribution in [2.75, 3.05) is 0 Å². The van der Waals surface area contributed by atoms with Crippen molar-refractivity contribution < 1.29 is 9.21 Å². The molecule has 0 aliphatic carbocycles. The van der Waals surface area contributed by atoms with Crippen molar-refractivity contribution >= 4 is 28.7 Å². The average Bonchev–Trinajstić information content (AvgIpc) is 3.05. The molecule has 2 aromatic heterocycles. The number of benzene rings is 1. The van der Waals surface area contributed by atoms with Crippen molar-refractivity contribution in [1.82, 2.24) is 20.2 Å². The number of aromatic nitrogens is 4. The van der Waals surface area contributed by atoms with E-state index in [1.165, 1.54) is 0 Å². The van der Waals surface area contributed by atoms with Crippen LogP contribution in [-0.4, -0.2) is 31.3 Å². The zero-order valence-corrected chi connectivity index (χ0v) is 11.3. The van der Waals surface area contributed by atoms with Gasteiger partial charge in [-0.15, -0.1) is 10.2 Å². The van der Waals surface area contributed by atoms with Gasteiger partial charge >= 0.3 is 0 Å². The highest BCUT2D eigenvalue weighted by atomic mass is 32.2. The quantitative estimate of drug-likeness (QED) is 0.705.